The van der Waals surface area contributed by atoms with E-state index in [4.69, 9.17) is 11.6 Å². The minimum atomic E-state index is -0.432. The van der Waals surface area contributed by atoms with Gasteiger partial charge in [0.25, 0.3) is 0 Å². The lowest BCUT2D eigenvalue weighted by Gasteiger charge is -2.09. The van der Waals surface area contributed by atoms with Crippen molar-refractivity contribution in [3.63, 3.8) is 0 Å². The van der Waals surface area contributed by atoms with Crippen LogP contribution in [0.3, 0.4) is 0 Å². The fraction of sp³-hybridized carbons (Fsp3) is 0.118. The van der Waals surface area contributed by atoms with E-state index in [1.165, 1.54) is 37.1 Å². The number of hydrogen-bond donors (Lipinski definition) is 0. The fourth-order valence-electron chi connectivity index (χ4n) is 1.78. The molecule has 0 heterocycles. The molecule has 0 aliphatic rings. The van der Waals surface area contributed by atoms with Gasteiger partial charge in [0.1, 0.15) is 5.82 Å². The maximum Gasteiger partial charge on any atom is 0.330 e. The van der Waals surface area contributed by atoms with E-state index in [0.29, 0.717) is 5.02 Å². The highest BCUT2D eigenvalue weighted by molar-refractivity contribution is 7.99. The van der Waals surface area contributed by atoms with Crippen molar-refractivity contribution in [3.8, 4) is 0 Å². The van der Waals surface area contributed by atoms with Gasteiger partial charge in [0, 0.05) is 20.9 Å². The SMILES string of the molecule is COC(=O)/C=C/c1cc(C)c(Sc2ccc(F)cc2)cc1Cl. The van der Waals surface area contributed by atoms with E-state index >= 15 is 0 Å². The summed E-state index contributed by atoms with van der Waals surface area (Å²) in [5.74, 6) is -0.694. The number of carbonyl (C=O) groups is 1. The molecule has 2 aromatic rings. The summed E-state index contributed by atoms with van der Waals surface area (Å²) in [5, 5.41) is 0.537. The largest absolute Gasteiger partial charge is 0.466 e. The summed E-state index contributed by atoms with van der Waals surface area (Å²) >= 11 is 7.75. The highest BCUT2D eigenvalue weighted by Gasteiger charge is 2.07. The quantitative estimate of drug-likeness (QED) is 0.572. The Bertz CT molecular complexity index is 711. The zero-order chi connectivity index (χ0) is 16.1. The van der Waals surface area contributed by atoms with Crippen LogP contribution in [0.25, 0.3) is 6.08 Å². The van der Waals surface area contributed by atoms with Crippen molar-refractivity contribution in [1.82, 2.24) is 0 Å². The van der Waals surface area contributed by atoms with Gasteiger partial charge in [-0.15, -0.1) is 0 Å². The molecule has 0 atom stereocenters. The zero-order valence-electron chi connectivity index (χ0n) is 12.1. The Morgan fingerprint density at radius 2 is 1.95 bits per heavy atom. The van der Waals surface area contributed by atoms with Crippen molar-refractivity contribution in [2.24, 2.45) is 0 Å². The van der Waals surface area contributed by atoms with E-state index in [2.05, 4.69) is 4.74 Å². The molecular formula is C17H14ClFO2S. The average molecular weight is 337 g/mol. The highest BCUT2D eigenvalue weighted by Crippen LogP contribution is 2.34. The topological polar surface area (TPSA) is 26.3 Å². The minimum Gasteiger partial charge on any atom is -0.466 e. The molecule has 2 rings (SSSR count). The van der Waals surface area contributed by atoms with Crippen LogP contribution in [-0.2, 0) is 9.53 Å². The first-order valence-corrected chi connectivity index (χ1v) is 7.68. The van der Waals surface area contributed by atoms with Crippen molar-refractivity contribution in [2.75, 3.05) is 7.11 Å². The number of esters is 1. The van der Waals surface area contributed by atoms with Crippen LogP contribution >= 0.6 is 23.4 Å². The number of methoxy groups -OCH3 is 1. The summed E-state index contributed by atoms with van der Waals surface area (Å²) in [4.78, 5) is 13.0. The second-order valence-electron chi connectivity index (χ2n) is 4.55. The van der Waals surface area contributed by atoms with Crippen molar-refractivity contribution >= 4 is 35.4 Å². The van der Waals surface area contributed by atoms with Gasteiger partial charge in [0.15, 0.2) is 0 Å². The van der Waals surface area contributed by atoms with Crippen LogP contribution in [0.4, 0.5) is 4.39 Å². The van der Waals surface area contributed by atoms with Crippen LogP contribution in [0.1, 0.15) is 11.1 Å². The van der Waals surface area contributed by atoms with Gasteiger partial charge in [-0.05, 0) is 60.5 Å². The van der Waals surface area contributed by atoms with Crippen molar-refractivity contribution in [1.29, 1.82) is 0 Å². The summed E-state index contributed by atoms with van der Waals surface area (Å²) in [6.45, 7) is 1.96. The molecule has 0 unspecified atom stereocenters. The molecule has 0 bridgehead atoms. The number of aryl methyl sites for hydroxylation is 1. The van der Waals surface area contributed by atoms with E-state index in [0.717, 1.165) is 20.9 Å². The Hall–Kier alpha value is -1.78. The monoisotopic (exact) mass is 336 g/mol. The maximum atomic E-state index is 12.9. The molecule has 2 aromatic carbocycles. The molecule has 0 aliphatic carbocycles. The van der Waals surface area contributed by atoms with Crippen molar-refractivity contribution < 1.29 is 13.9 Å². The molecule has 0 aliphatic heterocycles. The summed E-state index contributed by atoms with van der Waals surface area (Å²) < 4.78 is 17.5. The van der Waals surface area contributed by atoms with Crippen LogP contribution < -0.4 is 0 Å². The molecule has 0 radical (unpaired) electrons. The zero-order valence-corrected chi connectivity index (χ0v) is 13.7. The van der Waals surface area contributed by atoms with Gasteiger partial charge in [0.05, 0.1) is 7.11 Å². The first-order valence-electron chi connectivity index (χ1n) is 6.49. The molecular weight excluding hydrogens is 323 g/mol. The number of carbonyl (C=O) groups excluding carboxylic acids is 1. The predicted octanol–water partition coefficient (Wildman–Crippen LogP) is 5.12. The molecule has 22 heavy (non-hydrogen) atoms. The lowest BCUT2D eigenvalue weighted by molar-refractivity contribution is -0.134. The van der Waals surface area contributed by atoms with Crippen molar-refractivity contribution in [2.45, 2.75) is 16.7 Å². The lowest BCUT2D eigenvalue weighted by Crippen LogP contribution is -1.93. The third-order valence-electron chi connectivity index (χ3n) is 2.94. The second kappa shape index (κ2) is 7.47. The Labute approximate surface area is 137 Å². The molecule has 2 nitrogen and oxygen atoms in total. The normalized spacial score (nSPS) is 10.9. The van der Waals surface area contributed by atoms with Crippen molar-refractivity contribution in [3.05, 3.63) is 64.4 Å². The molecule has 0 amide bonds. The predicted molar refractivity (Wildman–Crippen MR) is 87.8 cm³/mol. The number of hydrogen-bond acceptors (Lipinski definition) is 3. The van der Waals surface area contributed by atoms with Crippen LogP contribution in [0.2, 0.25) is 5.02 Å². The van der Waals surface area contributed by atoms with E-state index in [-0.39, 0.29) is 5.82 Å². The van der Waals surface area contributed by atoms with Gasteiger partial charge in [0.2, 0.25) is 0 Å². The van der Waals surface area contributed by atoms with E-state index in [1.54, 1.807) is 18.2 Å². The molecule has 0 spiro atoms. The molecule has 0 fully saturated rings. The minimum absolute atomic E-state index is 0.262. The summed E-state index contributed by atoms with van der Waals surface area (Å²) in [7, 11) is 1.32. The molecule has 0 saturated heterocycles. The average Bonchev–Trinajstić information content (AvgIpc) is 2.51. The summed E-state index contributed by atoms with van der Waals surface area (Å²) in [6.07, 6.45) is 2.95. The van der Waals surface area contributed by atoms with E-state index in [9.17, 15) is 9.18 Å². The Morgan fingerprint density at radius 1 is 1.27 bits per heavy atom. The highest BCUT2D eigenvalue weighted by atomic mass is 35.5. The van der Waals surface area contributed by atoms with Gasteiger partial charge in [-0.25, -0.2) is 9.18 Å². The first kappa shape index (κ1) is 16.6. The van der Waals surface area contributed by atoms with Crippen LogP contribution in [0.5, 0.6) is 0 Å². The Balaban J connectivity index is 2.24. The lowest BCUT2D eigenvalue weighted by atomic mass is 10.1. The molecule has 114 valence electrons. The third-order valence-corrected chi connectivity index (χ3v) is 4.43. The van der Waals surface area contributed by atoms with Crippen LogP contribution in [0.15, 0.2) is 52.3 Å². The second-order valence-corrected chi connectivity index (χ2v) is 6.07. The van der Waals surface area contributed by atoms with Crippen LogP contribution in [0, 0.1) is 12.7 Å². The maximum absolute atomic E-state index is 12.9. The Kier molecular flexibility index (Phi) is 5.63. The standard InChI is InChI=1S/C17H14ClFO2S/c1-11-9-12(3-8-17(20)21-2)15(18)10-16(11)22-14-6-4-13(19)5-7-14/h3-10H,1-2H3/b8-3+. The first-order chi connectivity index (χ1) is 10.5. The van der Waals surface area contributed by atoms with E-state index in [1.807, 2.05) is 19.1 Å². The van der Waals surface area contributed by atoms with E-state index < -0.39 is 5.97 Å². The Morgan fingerprint density at radius 3 is 2.59 bits per heavy atom. The molecule has 0 saturated carbocycles. The summed E-state index contributed by atoms with van der Waals surface area (Å²) in [5.41, 5.74) is 1.76. The third kappa shape index (κ3) is 4.36. The molecule has 5 heteroatoms. The number of rotatable bonds is 4. The van der Waals surface area contributed by atoms with Crippen LogP contribution in [-0.4, -0.2) is 13.1 Å². The smallest absolute Gasteiger partial charge is 0.330 e. The van der Waals surface area contributed by atoms with Gasteiger partial charge >= 0.3 is 5.97 Å². The van der Waals surface area contributed by atoms with Gasteiger partial charge in [-0.2, -0.15) is 0 Å². The number of halogens is 2. The van der Waals surface area contributed by atoms with Gasteiger partial charge in [-0.1, -0.05) is 23.4 Å². The van der Waals surface area contributed by atoms with Gasteiger partial charge < -0.3 is 4.74 Å². The fourth-order valence-corrected chi connectivity index (χ4v) is 2.99. The summed E-state index contributed by atoms with van der Waals surface area (Å²) in [6, 6.07) is 10.0. The van der Waals surface area contributed by atoms with Gasteiger partial charge in [-0.3, -0.25) is 0 Å². The number of ether oxygens (including phenoxy) is 1. The number of benzene rings is 2. The molecule has 0 aromatic heterocycles. The molecule has 0 N–H and O–H groups in total.